The molecule has 0 aliphatic rings. The SMILES string of the molecule is CCOc1cc(N=Nc2cccc(S(=O)(=O)O)c2)ccc1N=Nc1ccc(N=Nc2c(OS(=O)O)cc3ccc(Nc4cccc(S(=O)(=O)O)c4)cc3c2O)cc1CC. The molecule has 0 bridgehead atoms. The molecule has 0 radical (unpaired) electrons. The maximum Gasteiger partial charge on any atom is 0.357 e. The minimum absolute atomic E-state index is 0.204. The first kappa shape index (κ1) is 42.1. The number of ether oxygens (including phenoxy) is 1. The van der Waals surface area contributed by atoms with Gasteiger partial charge in [-0.2, -0.15) is 41.5 Å². The Morgan fingerprint density at radius 1 is 0.644 bits per heavy atom. The highest BCUT2D eigenvalue weighted by molar-refractivity contribution is 7.86. The first-order valence-electron chi connectivity index (χ1n) is 17.3. The smallest absolute Gasteiger partial charge is 0.357 e. The molecule has 5 N–H and O–H groups in total. The summed E-state index contributed by atoms with van der Waals surface area (Å²) in [7, 11) is -8.86. The van der Waals surface area contributed by atoms with E-state index in [1.807, 2.05) is 6.92 Å². The highest BCUT2D eigenvalue weighted by Crippen LogP contribution is 2.45. The molecule has 6 aromatic carbocycles. The molecule has 0 aromatic heterocycles. The molecular weight excluding hydrogens is 827 g/mol. The summed E-state index contributed by atoms with van der Waals surface area (Å²) >= 11 is -2.77. The third-order valence-corrected chi connectivity index (χ3v) is 10.3. The van der Waals surface area contributed by atoms with Gasteiger partial charge < -0.3 is 19.3 Å². The monoisotopic (exact) mass is 859 g/mol. The van der Waals surface area contributed by atoms with Crippen LogP contribution in [-0.2, 0) is 38.0 Å². The molecule has 18 nitrogen and oxygen atoms in total. The Morgan fingerprint density at radius 2 is 1.25 bits per heavy atom. The van der Waals surface area contributed by atoms with Crippen LogP contribution in [0.1, 0.15) is 19.4 Å². The number of phenolic OH excluding ortho intramolecular Hbond substituents is 1. The predicted molar refractivity (Wildman–Crippen MR) is 219 cm³/mol. The second kappa shape index (κ2) is 18.0. The summed E-state index contributed by atoms with van der Waals surface area (Å²) in [5, 5.41) is 40.5. The van der Waals surface area contributed by atoms with E-state index in [0.717, 1.165) is 5.56 Å². The van der Waals surface area contributed by atoms with E-state index in [9.17, 15) is 39.8 Å². The molecule has 0 fully saturated rings. The van der Waals surface area contributed by atoms with Gasteiger partial charge in [0.2, 0.25) is 0 Å². The minimum Gasteiger partial charge on any atom is -0.505 e. The van der Waals surface area contributed by atoms with Crippen LogP contribution < -0.4 is 14.2 Å². The number of fused-ring (bicyclic) bond motifs is 1. The molecule has 0 saturated heterocycles. The Hall–Kier alpha value is -6.49. The molecule has 0 heterocycles. The lowest BCUT2D eigenvalue weighted by Gasteiger charge is -2.12. The van der Waals surface area contributed by atoms with Crippen LogP contribution in [0.5, 0.6) is 17.2 Å². The lowest BCUT2D eigenvalue weighted by atomic mass is 10.1. The zero-order valence-electron chi connectivity index (χ0n) is 30.9. The van der Waals surface area contributed by atoms with Gasteiger partial charge in [-0.3, -0.25) is 13.7 Å². The van der Waals surface area contributed by atoms with Gasteiger partial charge in [0, 0.05) is 22.8 Å². The number of rotatable bonds is 15. The lowest BCUT2D eigenvalue weighted by molar-refractivity contribution is 0.341. The van der Waals surface area contributed by atoms with E-state index >= 15 is 0 Å². The Kier molecular flexibility index (Phi) is 12.8. The number of azo groups is 3. The van der Waals surface area contributed by atoms with Crippen LogP contribution in [0.15, 0.2) is 150 Å². The summed E-state index contributed by atoms with van der Waals surface area (Å²) in [6.45, 7) is 4.00. The number of aromatic hydroxyl groups is 1. The maximum atomic E-state index is 11.7. The highest BCUT2D eigenvalue weighted by atomic mass is 32.2. The Balaban J connectivity index is 1.25. The van der Waals surface area contributed by atoms with Gasteiger partial charge in [0.05, 0.1) is 39.1 Å². The average molecular weight is 860 g/mol. The molecule has 0 aliphatic heterocycles. The van der Waals surface area contributed by atoms with Crippen molar-refractivity contribution in [1.29, 1.82) is 0 Å². The summed E-state index contributed by atoms with van der Waals surface area (Å²) < 4.78 is 96.9. The molecule has 6 rings (SSSR count). The van der Waals surface area contributed by atoms with Gasteiger partial charge in [-0.05, 0) is 109 Å². The van der Waals surface area contributed by atoms with Crippen molar-refractivity contribution in [3.05, 3.63) is 115 Å². The largest absolute Gasteiger partial charge is 0.505 e. The lowest BCUT2D eigenvalue weighted by Crippen LogP contribution is -1.99. The van der Waals surface area contributed by atoms with Crippen molar-refractivity contribution < 1.29 is 48.7 Å². The first-order chi connectivity index (χ1) is 28.1. The molecule has 0 spiro atoms. The second-order valence-corrected chi connectivity index (χ2v) is 15.7. The minimum atomic E-state index is -4.45. The van der Waals surface area contributed by atoms with E-state index in [-0.39, 0.29) is 32.3 Å². The Bertz CT molecular complexity index is 2910. The van der Waals surface area contributed by atoms with E-state index in [1.165, 1.54) is 48.5 Å². The van der Waals surface area contributed by atoms with Crippen LogP contribution in [0, 0.1) is 0 Å². The van der Waals surface area contributed by atoms with E-state index in [2.05, 4.69) is 36.0 Å². The summed E-state index contributed by atoms with van der Waals surface area (Å²) in [6.07, 6.45) is 0.510. The quantitative estimate of drug-likeness (QED) is 0.0366. The number of nitrogens with zero attached hydrogens (tertiary/aromatic N) is 6. The number of anilines is 2. The fourth-order valence-corrected chi connectivity index (χ4v) is 6.85. The molecule has 6 aromatic rings. The standard InChI is InChI=1S/C38H33N7O11S3/c1-3-23-17-28(13-15-33(23)43-44-34-16-14-29(22-35(34)55-4-2)41-40-27-8-6-10-31(20-27)59(52,53)54)42-45-37-36(56-57(47)48)18-24-11-12-26(21-32(24)38(37)46)39-25-7-5-9-30(19-25)58(49,50)51/h5-22,39,46H,3-4H2,1-2H3,(H,47,48)(H,49,50,51)(H,52,53,54). The average Bonchev–Trinajstić information content (AvgIpc) is 3.19. The topological polar surface area (TPSA) is 271 Å². The maximum absolute atomic E-state index is 11.7. The summed E-state index contributed by atoms with van der Waals surface area (Å²) in [4.78, 5) is -0.630. The second-order valence-electron chi connectivity index (χ2n) is 12.3. The molecule has 0 amide bonds. The molecule has 59 heavy (non-hydrogen) atoms. The van der Waals surface area contributed by atoms with Crippen molar-refractivity contribution in [2.24, 2.45) is 30.7 Å². The van der Waals surface area contributed by atoms with E-state index in [1.54, 1.807) is 67.6 Å². The zero-order chi connectivity index (χ0) is 42.3. The predicted octanol–water partition coefficient (Wildman–Crippen LogP) is 10.5. The van der Waals surface area contributed by atoms with E-state index in [4.69, 9.17) is 8.92 Å². The van der Waals surface area contributed by atoms with Crippen molar-refractivity contribution >= 4 is 87.9 Å². The van der Waals surface area contributed by atoms with Gasteiger partial charge in [-0.25, -0.2) is 0 Å². The normalized spacial score (nSPS) is 12.8. The van der Waals surface area contributed by atoms with Crippen LogP contribution in [0.25, 0.3) is 10.8 Å². The summed E-state index contributed by atoms with van der Waals surface area (Å²) in [5.74, 6) is -0.299. The molecule has 0 saturated carbocycles. The number of hydrogen-bond acceptors (Lipinski definition) is 15. The number of phenols is 1. The number of benzene rings is 6. The van der Waals surface area contributed by atoms with Gasteiger partial charge in [0.1, 0.15) is 11.4 Å². The third kappa shape index (κ3) is 10.7. The van der Waals surface area contributed by atoms with Crippen molar-refractivity contribution in [2.75, 3.05) is 11.9 Å². The van der Waals surface area contributed by atoms with Gasteiger partial charge >= 0.3 is 11.4 Å². The molecule has 1 atom stereocenters. The van der Waals surface area contributed by atoms with E-state index in [0.29, 0.717) is 58.3 Å². The Labute approximate surface area is 340 Å². The van der Waals surface area contributed by atoms with Gasteiger partial charge in [0.25, 0.3) is 20.2 Å². The molecule has 0 aliphatic carbocycles. The molecular formula is C38H33N7O11S3. The van der Waals surface area contributed by atoms with Gasteiger partial charge in [-0.15, -0.1) is 10.2 Å². The summed E-state index contributed by atoms with van der Waals surface area (Å²) in [5.41, 5.74) is 3.06. The van der Waals surface area contributed by atoms with Crippen LogP contribution in [0.4, 0.5) is 45.5 Å². The van der Waals surface area contributed by atoms with Crippen LogP contribution >= 0.6 is 0 Å². The number of aryl methyl sites for hydroxylation is 1. The van der Waals surface area contributed by atoms with Gasteiger partial charge in [-0.1, -0.05) is 25.1 Å². The van der Waals surface area contributed by atoms with Crippen molar-refractivity contribution in [1.82, 2.24) is 0 Å². The Morgan fingerprint density at radius 3 is 1.93 bits per heavy atom. The van der Waals surface area contributed by atoms with Crippen LogP contribution in [0.2, 0.25) is 0 Å². The fourth-order valence-electron chi connectivity index (χ4n) is 5.53. The van der Waals surface area contributed by atoms with Gasteiger partial charge in [0.15, 0.2) is 17.2 Å². The number of hydrogen-bond donors (Lipinski definition) is 5. The van der Waals surface area contributed by atoms with Crippen molar-refractivity contribution in [3.8, 4) is 17.2 Å². The first-order valence-corrected chi connectivity index (χ1v) is 21.2. The van der Waals surface area contributed by atoms with Crippen LogP contribution in [0.3, 0.4) is 0 Å². The number of nitrogens with one attached hydrogen (secondary N) is 1. The fraction of sp³-hybridized carbons (Fsp3) is 0.105. The molecule has 21 heteroatoms. The van der Waals surface area contributed by atoms with E-state index < -0.39 is 37.3 Å². The third-order valence-electron chi connectivity index (χ3n) is 8.25. The molecule has 1 unspecified atom stereocenters. The zero-order valence-corrected chi connectivity index (χ0v) is 33.3. The summed E-state index contributed by atoms with van der Waals surface area (Å²) in [6, 6.07) is 26.8. The van der Waals surface area contributed by atoms with Crippen molar-refractivity contribution in [3.63, 3.8) is 0 Å². The van der Waals surface area contributed by atoms with Crippen LogP contribution in [-0.4, -0.2) is 46.4 Å². The van der Waals surface area contributed by atoms with Crippen molar-refractivity contribution in [2.45, 2.75) is 30.1 Å². The molecule has 304 valence electrons. The highest BCUT2D eigenvalue weighted by Gasteiger charge is 2.18.